The molecule has 0 unspecified atom stereocenters. The number of piperazine rings is 1. The molecule has 0 saturated carbocycles. The highest BCUT2D eigenvalue weighted by molar-refractivity contribution is 5.94. The lowest BCUT2D eigenvalue weighted by molar-refractivity contribution is 0.0745. The molecule has 4 rings (SSSR count). The molecule has 0 aliphatic carbocycles. The molecule has 0 atom stereocenters. The molecule has 2 aliphatic rings. The van der Waals surface area contributed by atoms with E-state index in [1.807, 2.05) is 17.9 Å². The standard InChI is InChI=1S/C18H23N5O3/c1-14-12-16(21-7-10-25-11-8-21)20-18(19-14)23-5-3-22(4-6-23)17(24)15-2-9-26-13-15/h2,9,12-13H,3-8,10-11H2,1H3. The fourth-order valence-corrected chi connectivity index (χ4v) is 3.31. The zero-order valence-electron chi connectivity index (χ0n) is 14.9. The fraction of sp³-hybridized carbons (Fsp3) is 0.500. The molecule has 0 bridgehead atoms. The Balaban J connectivity index is 1.44. The number of ether oxygens (including phenoxy) is 1. The Morgan fingerprint density at radius 3 is 2.50 bits per heavy atom. The van der Waals surface area contributed by atoms with E-state index < -0.39 is 0 Å². The van der Waals surface area contributed by atoms with Crippen molar-refractivity contribution < 1.29 is 13.9 Å². The molecule has 1 amide bonds. The second kappa shape index (κ2) is 7.33. The lowest BCUT2D eigenvalue weighted by Crippen LogP contribution is -2.49. The summed E-state index contributed by atoms with van der Waals surface area (Å²) >= 11 is 0. The summed E-state index contributed by atoms with van der Waals surface area (Å²) in [6, 6.07) is 3.72. The quantitative estimate of drug-likeness (QED) is 0.816. The summed E-state index contributed by atoms with van der Waals surface area (Å²) in [5, 5.41) is 0. The molecule has 0 radical (unpaired) electrons. The second-order valence-corrected chi connectivity index (χ2v) is 6.56. The van der Waals surface area contributed by atoms with Crippen LogP contribution in [0.5, 0.6) is 0 Å². The van der Waals surface area contributed by atoms with Gasteiger partial charge in [-0.1, -0.05) is 0 Å². The number of aromatic nitrogens is 2. The van der Waals surface area contributed by atoms with E-state index in [2.05, 4.69) is 14.8 Å². The summed E-state index contributed by atoms with van der Waals surface area (Å²) in [6.07, 6.45) is 3.02. The molecular formula is C18H23N5O3. The van der Waals surface area contributed by atoms with Crippen LogP contribution in [0.3, 0.4) is 0 Å². The molecule has 2 aliphatic heterocycles. The van der Waals surface area contributed by atoms with Gasteiger partial charge in [0.15, 0.2) is 0 Å². The monoisotopic (exact) mass is 357 g/mol. The first-order valence-corrected chi connectivity index (χ1v) is 8.95. The Labute approximate surface area is 152 Å². The zero-order chi connectivity index (χ0) is 17.9. The first-order chi connectivity index (χ1) is 12.7. The normalized spacial score (nSPS) is 18.3. The third kappa shape index (κ3) is 3.50. The van der Waals surface area contributed by atoms with E-state index >= 15 is 0 Å². The molecule has 0 spiro atoms. The minimum atomic E-state index is 0.0116. The maximum atomic E-state index is 12.4. The number of anilines is 2. The number of carbonyl (C=O) groups is 1. The van der Waals surface area contributed by atoms with E-state index in [1.165, 1.54) is 12.5 Å². The molecule has 2 aromatic rings. The third-order valence-electron chi connectivity index (χ3n) is 4.78. The second-order valence-electron chi connectivity index (χ2n) is 6.56. The van der Waals surface area contributed by atoms with Gasteiger partial charge in [-0.15, -0.1) is 0 Å². The molecule has 2 saturated heterocycles. The highest BCUT2D eigenvalue weighted by Gasteiger charge is 2.25. The Kier molecular flexibility index (Phi) is 4.75. The Morgan fingerprint density at radius 2 is 1.81 bits per heavy atom. The predicted octanol–water partition coefficient (Wildman–Crippen LogP) is 1.18. The van der Waals surface area contributed by atoms with Gasteiger partial charge in [0.2, 0.25) is 5.95 Å². The molecule has 0 aromatic carbocycles. The van der Waals surface area contributed by atoms with E-state index in [9.17, 15) is 4.79 Å². The van der Waals surface area contributed by atoms with Crippen LogP contribution in [0.2, 0.25) is 0 Å². The third-order valence-corrected chi connectivity index (χ3v) is 4.78. The van der Waals surface area contributed by atoms with E-state index in [0.29, 0.717) is 18.7 Å². The van der Waals surface area contributed by atoms with Gasteiger partial charge >= 0.3 is 0 Å². The van der Waals surface area contributed by atoms with Crippen LogP contribution in [-0.4, -0.2) is 73.3 Å². The van der Waals surface area contributed by atoms with Gasteiger partial charge in [-0.3, -0.25) is 4.79 Å². The first kappa shape index (κ1) is 16.8. The molecule has 8 heteroatoms. The summed E-state index contributed by atoms with van der Waals surface area (Å²) in [7, 11) is 0. The molecule has 8 nitrogen and oxygen atoms in total. The molecular weight excluding hydrogens is 334 g/mol. The first-order valence-electron chi connectivity index (χ1n) is 8.95. The number of amides is 1. The highest BCUT2D eigenvalue weighted by atomic mass is 16.5. The van der Waals surface area contributed by atoms with E-state index in [0.717, 1.165) is 56.9 Å². The van der Waals surface area contributed by atoms with Crippen LogP contribution >= 0.6 is 0 Å². The van der Waals surface area contributed by atoms with Gasteiger partial charge in [0.05, 0.1) is 25.0 Å². The van der Waals surface area contributed by atoms with Gasteiger partial charge in [0.25, 0.3) is 5.91 Å². The number of furan rings is 1. The van der Waals surface area contributed by atoms with Crippen molar-refractivity contribution in [2.24, 2.45) is 0 Å². The van der Waals surface area contributed by atoms with Crippen LogP contribution < -0.4 is 9.80 Å². The van der Waals surface area contributed by atoms with E-state index in [-0.39, 0.29) is 5.91 Å². The Morgan fingerprint density at radius 1 is 1.04 bits per heavy atom. The van der Waals surface area contributed by atoms with E-state index in [1.54, 1.807) is 6.07 Å². The lowest BCUT2D eigenvalue weighted by Gasteiger charge is -2.35. The molecule has 2 fully saturated rings. The number of aryl methyl sites for hydroxylation is 1. The van der Waals surface area contributed by atoms with Crippen molar-refractivity contribution in [1.29, 1.82) is 0 Å². The van der Waals surface area contributed by atoms with Crippen molar-refractivity contribution in [3.63, 3.8) is 0 Å². The van der Waals surface area contributed by atoms with Crippen molar-refractivity contribution >= 4 is 17.7 Å². The van der Waals surface area contributed by atoms with Crippen LogP contribution in [0.4, 0.5) is 11.8 Å². The van der Waals surface area contributed by atoms with Crippen molar-refractivity contribution in [2.75, 3.05) is 62.3 Å². The van der Waals surface area contributed by atoms with Gasteiger partial charge < -0.3 is 23.9 Å². The zero-order valence-corrected chi connectivity index (χ0v) is 14.9. The van der Waals surface area contributed by atoms with Crippen molar-refractivity contribution in [2.45, 2.75) is 6.92 Å². The van der Waals surface area contributed by atoms with Crippen molar-refractivity contribution in [3.8, 4) is 0 Å². The van der Waals surface area contributed by atoms with Gasteiger partial charge in [-0.25, -0.2) is 4.98 Å². The minimum Gasteiger partial charge on any atom is -0.472 e. The summed E-state index contributed by atoms with van der Waals surface area (Å²) in [4.78, 5) is 28.0. The number of nitrogens with zero attached hydrogens (tertiary/aromatic N) is 5. The average Bonchev–Trinajstić information content (AvgIpc) is 3.22. The molecule has 138 valence electrons. The van der Waals surface area contributed by atoms with Crippen LogP contribution in [-0.2, 0) is 4.74 Å². The van der Waals surface area contributed by atoms with E-state index in [4.69, 9.17) is 14.1 Å². The number of hydrogen-bond acceptors (Lipinski definition) is 7. The minimum absolute atomic E-state index is 0.0116. The Bertz CT molecular complexity index is 750. The number of rotatable bonds is 3. The van der Waals surface area contributed by atoms with Crippen LogP contribution in [0.15, 0.2) is 29.1 Å². The highest BCUT2D eigenvalue weighted by Crippen LogP contribution is 2.20. The summed E-state index contributed by atoms with van der Waals surface area (Å²) in [6.45, 7) is 7.88. The number of carbonyl (C=O) groups excluding carboxylic acids is 1. The number of morpholine rings is 1. The van der Waals surface area contributed by atoms with Crippen LogP contribution in [0.1, 0.15) is 16.1 Å². The molecule has 2 aromatic heterocycles. The van der Waals surface area contributed by atoms with Gasteiger partial charge in [-0.2, -0.15) is 4.98 Å². The predicted molar refractivity (Wildman–Crippen MR) is 96.6 cm³/mol. The average molecular weight is 357 g/mol. The smallest absolute Gasteiger partial charge is 0.257 e. The summed E-state index contributed by atoms with van der Waals surface area (Å²) in [5.41, 5.74) is 1.55. The van der Waals surface area contributed by atoms with Gasteiger partial charge in [-0.05, 0) is 13.0 Å². The fourth-order valence-electron chi connectivity index (χ4n) is 3.31. The Hall–Kier alpha value is -2.61. The molecule has 4 heterocycles. The topological polar surface area (TPSA) is 74.9 Å². The van der Waals surface area contributed by atoms with Crippen molar-refractivity contribution in [3.05, 3.63) is 35.9 Å². The van der Waals surface area contributed by atoms with Crippen molar-refractivity contribution in [1.82, 2.24) is 14.9 Å². The van der Waals surface area contributed by atoms with Crippen LogP contribution in [0, 0.1) is 6.92 Å². The van der Waals surface area contributed by atoms with Gasteiger partial charge in [0.1, 0.15) is 12.1 Å². The summed E-state index contributed by atoms with van der Waals surface area (Å²) < 4.78 is 10.4. The van der Waals surface area contributed by atoms with Crippen LogP contribution in [0.25, 0.3) is 0 Å². The molecule has 0 N–H and O–H groups in total. The van der Waals surface area contributed by atoms with Gasteiger partial charge in [0, 0.05) is 51.0 Å². The maximum absolute atomic E-state index is 12.4. The largest absolute Gasteiger partial charge is 0.472 e. The SMILES string of the molecule is Cc1cc(N2CCOCC2)nc(N2CCN(C(=O)c3ccoc3)CC2)n1. The summed E-state index contributed by atoms with van der Waals surface area (Å²) in [5.74, 6) is 1.70. The lowest BCUT2D eigenvalue weighted by atomic mass is 10.2. The molecule has 26 heavy (non-hydrogen) atoms. The number of hydrogen-bond donors (Lipinski definition) is 0. The maximum Gasteiger partial charge on any atom is 0.257 e.